The minimum Gasteiger partial charge on any atom is -0.512 e. The number of amides is 2. The molecule has 2 aliphatic rings. The van der Waals surface area contributed by atoms with Gasteiger partial charge in [-0.15, -0.1) is 0 Å². The normalized spacial score (nSPS) is 19.7. The molecule has 2 atom stereocenters. The molecule has 2 amide bonds. The number of benzene rings is 1. The zero-order chi connectivity index (χ0) is 22.7. The molecule has 168 valence electrons. The van der Waals surface area contributed by atoms with E-state index < -0.39 is 30.2 Å². The van der Waals surface area contributed by atoms with Crippen molar-refractivity contribution in [3.63, 3.8) is 0 Å². The van der Waals surface area contributed by atoms with Crippen LogP contribution in [-0.2, 0) is 20.7 Å². The largest absolute Gasteiger partial charge is 0.512 e. The lowest BCUT2D eigenvalue weighted by atomic mass is 9.85. The molecule has 1 aromatic carbocycles. The summed E-state index contributed by atoms with van der Waals surface area (Å²) in [5.41, 5.74) is 2.35. The maximum atomic E-state index is 12.8. The number of nitrogens with zero attached hydrogens (tertiary/aromatic N) is 2. The molecule has 2 heterocycles. The van der Waals surface area contributed by atoms with Crippen LogP contribution in [0.3, 0.4) is 0 Å². The number of ether oxygens (including phenoxy) is 2. The smallest absolute Gasteiger partial charge is 0.416 e. The molecule has 0 saturated carbocycles. The summed E-state index contributed by atoms with van der Waals surface area (Å²) in [5.74, 6) is -0.560. The highest BCUT2D eigenvalue weighted by Crippen LogP contribution is 2.48. The van der Waals surface area contributed by atoms with E-state index >= 15 is 0 Å². The highest BCUT2D eigenvalue weighted by molar-refractivity contribution is 6.01. The Labute approximate surface area is 182 Å². The maximum Gasteiger partial charge on any atom is 0.416 e. The molecule has 31 heavy (non-hydrogen) atoms. The fourth-order valence-corrected chi connectivity index (χ4v) is 4.51. The van der Waals surface area contributed by atoms with E-state index in [1.54, 1.807) is 0 Å². The van der Waals surface area contributed by atoms with Gasteiger partial charge in [0.15, 0.2) is 11.9 Å². The predicted octanol–water partition coefficient (Wildman–Crippen LogP) is 4.64. The average Bonchev–Trinajstić information content (AvgIpc) is 2.75. The van der Waals surface area contributed by atoms with E-state index in [4.69, 9.17) is 9.47 Å². The number of methoxy groups -OCH3 is 2. The number of carbonyl (C=O) groups excluding carboxylic acids is 3. The Morgan fingerprint density at radius 2 is 1.81 bits per heavy atom. The first-order valence-electron chi connectivity index (χ1n) is 10.6. The summed E-state index contributed by atoms with van der Waals surface area (Å²) in [5, 5.41) is 10.7. The molecule has 8 heteroatoms. The lowest BCUT2D eigenvalue weighted by Crippen LogP contribution is -2.61. The van der Waals surface area contributed by atoms with Crippen LogP contribution in [-0.4, -0.2) is 48.4 Å². The fourth-order valence-electron chi connectivity index (χ4n) is 4.51. The second-order valence-corrected chi connectivity index (χ2v) is 7.93. The summed E-state index contributed by atoms with van der Waals surface area (Å²) in [6.07, 6.45) is 2.89. The number of aliphatic hydroxyl groups is 1. The van der Waals surface area contributed by atoms with Crippen molar-refractivity contribution in [1.29, 1.82) is 0 Å². The maximum absolute atomic E-state index is 12.8. The number of hydrogen-bond acceptors (Lipinski definition) is 6. The Morgan fingerprint density at radius 1 is 1.10 bits per heavy atom. The number of hydrogen-bond donors (Lipinski definition) is 1. The number of aryl methyl sites for hydroxylation is 1. The van der Waals surface area contributed by atoms with Gasteiger partial charge in [-0.1, -0.05) is 38.3 Å². The second kappa shape index (κ2) is 9.41. The first-order chi connectivity index (χ1) is 14.8. The lowest BCUT2D eigenvalue weighted by Gasteiger charge is -2.50. The van der Waals surface area contributed by atoms with Crippen LogP contribution in [0.15, 0.2) is 29.5 Å². The van der Waals surface area contributed by atoms with E-state index in [2.05, 4.69) is 6.92 Å². The zero-order valence-corrected chi connectivity index (χ0v) is 18.5. The third-order valence-corrected chi connectivity index (χ3v) is 5.97. The molecule has 0 fully saturated rings. The zero-order valence-electron chi connectivity index (χ0n) is 18.5. The molecule has 0 aromatic heterocycles. The van der Waals surface area contributed by atoms with Crippen molar-refractivity contribution in [3.05, 3.63) is 40.7 Å². The fraction of sp³-hybridized carbons (Fsp3) is 0.522. The van der Waals surface area contributed by atoms with E-state index in [0.717, 1.165) is 31.2 Å². The van der Waals surface area contributed by atoms with Crippen molar-refractivity contribution in [1.82, 2.24) is 4.90 Å². The van der Waals surface area contributed by atoms with Gasteiger partial charge in [0.2, 0.25) is 0 Å². The Bertz CT molecular complexity index is 909. The van der Waals surface area contributed by atoms with E-state index in [1.165, 1.54) is 37.4 Å². The predicted molar refractivity (Wildman–Crippen MR) is 115 cm³/mol. The number of carbonyl (C=O) groups is 3. The van der Waals surface area contributed by atoms with Crippen molar-refractivity contribution in [2.24, 2.45) is 0 Å². The summed E-state index contributed by atoms with van der Waals surface area (Å²) in [6.45, 7) is 3.46. The molecule has 2 bridgehead atoms. The summed E-state index contributed by atoms with van der Waals surface area (Å²) in [6, 6.07) is 5.20. The topological polar surface area (TPSA) is 96.4 Å². The van der Waals surface area contributed by atoms with Gasteiger partial charge in [0.05, 0.1) is 31.5 Å². The van der Waals surface area contributed by atoms with Crippen LogP contribution in [0.4, 0.5) is 15.3 Å². The molecular weight excluding hydrogens is 400 g/mol. The van der Waals surface area contributed by atoms with Crippen LogP contribution >= 0.6 is 0 Å². The highest BCUT2D eigenvalue weighted by Gasteiger charge is 2.52. The van der Waals surface area contributed by atoms with Gasteiger partial charge in [0.25, 0.3) is 0 Å². The quantitative estimate of drug-likeness (QED) is 0.661. The molecule has 1 aromatic rings. The van der Waals surface area contributed by atoms with Gasteiger partial charge < -0.3 is 14.6 Å². The highest BCUT2D eigenvalue weighted by atomic mass is 16.6. The molecule has 0 saturated heterocycles. The molecular formula is C23H30N2O6. The number of rotatable bonds is 6. The second-order valence-electron chi connectivity index (χ2n) is 7.93. The van der Waals surface area contributed by atoms with Crippen LogP contribution < -0.4 is 4.90 Å². The number of fused-ring (bicyclic) bond motifs is 4. The Hall–Kier alpha value is -3.03. The van der Waals surface area contributed by atoms with Gasteiger partial charge in [-0.2, -0.15) is 0 Å². The van der Waals surface area contributed by atoms with Gasteiger partial charge in [0, 0.05) is 6.42 Å². The van der Waals surface area contributed by atoms with Crippen LogP contribution in [0, 0.1) is 0 Å². The lowest BCUT2D eigenvalue weighted by molar-refractivity contribution is -0.114. The van der Waals surface area contributed by atoms with Crippen LogP contribution in [0.5, 0.6) is 0 Å². The summed E-state index contributed by atoms with van der Waals surface area (Å²) in [4.78, 5) is 40.5. The van der Waals surface area contributed by atoms with Crippen molar-refractivity contribution in [2.45, 2.75) is 64.6 Å². The summed E-state index contributed by atoms with van der Waals surface area (Å²) >= 11 is 0. The molecule has 2 unspecified atom stereocenters. The molecule has 2 aliphatic heterocycles. The van der Waals surface area contributed by atoms with E-state index in [9.17, 15) is 19.5 Å². The monoisotopic (exact) mass is 430 g/mol. The number of unbranched alkanes of at least 4 members (excludes halogenated alkanes) is 3. The third kappa shape index (κ3) is 4.11. The number of aliphatic hydroxyl groups excluding tert-OH is 1. The first kappa shape index (κ1) is 22.7. The van der Waals surface area contributed by atoms with Gasteiger partial charge in [-0.25, -0.2) is 9.59 Å². The van der Waals surface area contributed by atoms with Crippen LogP contribution in [0.2, 0.25) is 0 Å². The van der Waals surface area contributed by atoms with Gasteiger partial charge >= 0.3 is 12.2 Å². The molecule has 0 spiro atoms. The van der Waals surface area contributed by atoms with Crippen LogP contribution in [0.1, 0.15) is 63.1 Å². The standard InChI is InChI=1S/C23H30N2O6/c1-5-6-7-8-9-15-10-11-17-16(12-15)18-13-19(27)20(14(2)26)21(24(17)22(28)30-3)25(18)23(29)31-4/h10-12,18,21,27H,5-9,13H2,1-4H3. The summed E-state index contributed by atoms with van der Waals surface area (Å²) in [7, 11) is 2.48. The van der Waals surface area contributed by atoms with Gasteiger partial charge in [0.1, 0.15) is 5.76 Å². The van der Waals surface area contributed by atoms with Crippen LogP contribution in [0.25, 0.3) is 0 Å². The van der Waals surface area contributed by atoms with Gasteiger partial charge in [-0.3, -0.25) is 14.6 Å². The molecule has 0 aliphatic carbocycles. The molecule has 1 N–H and O–H groups in total. The van der Waals surface area contributed by atoms with Crippen molar-refractivity contribution in [2.75, 3.05) is 19.1 Å². The molecule has 3 rings (SSSR count). The van der Waals surface area contributed by atoms with Gasteiger partial charge in [-0.05, 0) is 37.0 Å². The van der Waals surface area contributed by atoms with Crippen molar-refractivity contribution < 1.29 is 29.0 Å². The third-order valence-electron chi connectivity index (χ3n) is 5.97. The molecule has 0 radical (unpaired) electrons. The average molecular weight is 431 g/mol. The minimum absolute atomic E-state index is 0.0126. The molecule has 8 nitrogen and oxygen atoms in total. The SMILES string of the molecule is CCCCCCc1ccc2c(c1)C1CC(O)=C(C(C)=O)C(N2C(=O)OC)N1C(=O)OC. The number of Topliss-reactive ketones (excluding diaryl/α,β-unsaturated/α-hetero) is 1. The number of anilines is 1. The number of ketones is 1. The Balaban J connectivity index is 2.13. The first-order valence-corrected chi connectivity index (χ1v) is 10.6. The van der Waals surface area contributed by atoms with E-state index in [0.29, 0.717) is 11.3 Å². The summed E-state index contributed by atoms with van der Waals surface area (Å²) < 4.78 is 9.96. The Morgan fingerprint density at radius 3 is 2.42 bits per heavy atom. The van der Waals surface area contributed by atoms with E-state index in [1.807, 2.05) is 18.2 Å². The Kier molecular flexibility index (Phi) is 6.87. The van der Waals surface area contributed by atoms with Crippen molar-refractivity contribution >= 4 is 23.7 Å². The minimum atomic E-state index is -1.14. The van der Waals surface area contributed by atoms with Crippen molar-refractivity contribution in [3.8, 4) is 0 Å². The van der Waals surface area contributed by atoms with E-state index in [-0.39, 0.29) is 17.8 Å².